The van der Waals surface area contributed by atoms with Gasteiger partial charge in [0.25, 0.3) is 5.91 Å². The van der Waals surface area contributed by atoms with Crippen LogP contribution in [0.4, 0.5) is 4.39 Å². The molecule has 27 heavy (non-hydrogen) atoms. The zero-order valence-corrected chi connectivity index (χ0v) is 14.4. The number of carbonyl (C=O) groups is 2. The zero-order chi connectivity index (χ0) is 19.1. The predicted molar refractivity (Wildman–Crippen MR) is 95.8 cm³/mol. The molecule has 0 saturated heterocycles. The molecule has 0 bridgehead atoms. The van der Waals surface area contributed by atoms with E-state index in [4.69, 9.17) is 14.2 Å². The Balaban J connectivity index is 1.37. The highest BCUT2D eigenvalue weighted by molar-refractivity contribution is 5.89. The Kier molecular flexibility index (Phi) is 6.04. The van der Waals surface area contributed by atoms with Crippen molar-refractivity contribution < 1.29 is 28.2 Å². The lowest BCUT2D eigenvalue weighted by Crippen LogP contribution is -2.42. The molecule has 1 amide bonds. The van der Waals surface area contributed by atoms with Crippen LogP contribution in [-0.2, 0) is 14.3 Å². The highest BCUT2D eigenvalue weighted by atomic mass is 19.1. The Labute approximate surface area is 155 Å². The van der Waals surface area contributed by atoms with Crippen molar-refractivity contribution in [2.45, 2.75) is 6.10 Å². The summed E-state index contributed by atoms with van der Waals surface area (Å²) in [6, 6.07) is 12.9. The highest BCUT2D eigenvalue weighted by Gasteiger charge is 2.21. The van der Waals surface area contributed by atoms with E-state index in [0.717, 1.165) is 0 Å². The maximum atomic E-state index is 12.8. The van der Waals surface area contributed by atoms with Gasteiger partial charge >= 0.3 is 5.97 Å². The molecular weight excluding hydrogens is 353 g/mol. The van der Waals surface area contributed by atoms with E-state index < -0.39 is 18.5 Å². The average Bonchev–Trinajstić information content (AvgIpc) is 2.70. The average molecular weight is 371 g/mol. The Bertz CT molecular complexity index is 835. The lowest BCUT2D eigenvalue weighted by Gasteiger charge is -2.26. The molecule has 0 aromatic heterocycles. The van der Waals surface area contributed by atoms with E-state index >= 15 is 0 Å². The molecule has 2 aromatic carbocycles. The molecule has 0 saturated carbocycles. The van der Waals surface area contributed by atoms with Crippen molar-refractivity contribution in [3.05, 3.63) is 66.0 Å². The van der Waals surface area contributed by atoms with Gasteiger partial charge in [-0.3, -0.25) is 4.79 Å². The number of esters is 1. The van der Waals surface area contributed by atoms with Gasteiger partial charge in [0, 0.05) is 6.08 Å². The molecule has 0 spiro atoms. The summed E-state index contributed by atoms with van der Waals surface area (Å²) in [6.07, 6.45) is 2.33. The van der Waals surface area contributed by atoms with Crippen molar-refractivity contribution in [3.8, 4) is 11.5 Å². The number of fused-ring (bicyclic) bond motifs is 1. The monoisotopic (exact) mass is 371 g/mol. The number of ether oxygens (including phenoxy) is 3. The van der Waals surface area contributed by atoms with Crippen molar-refractivity contribution in [1.29, 1.82) is 0 Å². The second kappa shape index (κ2) is 8.84. The van der Waals surface area contributed by atoms with Gasteiger partial charge in [-0.05, 0) is 35.9 Å². The second-order valence-corrected chi connectivity index (χ2v) is 5.79. The van der Waals surface area contributed by atoms with Crippen molar-refractivity contribution in [3.63, 3.8) is 0 Å². The van der Waals surface area contributed by atoms with Gasteiger partial charge in [0.05, 0.1) is 6.54 Å². The summed E-state index contributed by atoms with van der Waals surface area (Å²) in [5, 5.41) is 2.63. The number of nitrogens with one attached hydrogen (secondary N) is 1. The highest BCUT2D eigenvalue weighted by Crippen LogP contribution is 2.30. The first kappa shape index (κ1) is 18.4. The fourth-order valence-corrected chi connectivity index (χ4v) is 2.37. The Morgan fingerprint density at radius 1 is 1.15 bits per heavy atom. The minimum atomic E-state index is -0.666. The van der Waals surface area contributed by atoms with Crippen LogP contribution in [-0.4, -0.2) is 37.7 Å². The molecule has 0 fully saturated rings. The van der Waals surface area contributed by atoms with Crippen molar-refractivity contribution >= 4 is 18.0 Å². The largest absolute Gasteiger partial charge is 0.486 e. The van der Waals surface area contributed by atoms with Gasteiger partial charge < -0.3 is 19.5 Å². The molecule has 3 rings (SSSR count). The summed E-state index contributed by atoms with van der Waals surface area (Å²) in [6.45, 7) is 0.143. The van der Waals surface area contributed by atoms with Gasteiger partial charge in [-0.1, -0.05) is 24.3 Å². The number of hydrogen-bond acceptors (Lipinski definition) is 5. The molecule has 1 atom stereocenters. The SMILES string of the molecule is O=C(COC(=O)/C=C/c1ccc(F)cc1)NC[C@H]1COc2ccccc2O1. The zero-order valence-electron chi connectivity index (χ0n) is 14.4. The van der Waals surface area contributed by atoms with Crippen molar-refractivity contribution in [1.82, 2.24) is 5.32 Å². The first-order valence-electron chi connectivity index (χ1n) is 8.36. The quantitative estimate of drug-likeness (QED) is 0.623. The lowest BCUT2D eigenvalue weighted by molar-refractivity contribution is -0.143. The normalized spacial score (nSPS) is 15.4. The molecule has 1 aliphatic rings. The fourth-order valence-electron chi connectivity index (χ4n) is 2.37. The van der Waals surface area contributed by atoms with Crippen LogP contribution < -0.4 is 14.8 Å². The second-order valence-electron chi connectivity index (χ2n) is 5.79. The maximum Gasteiger partial charge on any atom is 0.331 e. The minimum absolute atomic E-state index is 0.232. The number of hydrogen-bond donors (Lipinski definition) is 1. The third-order valence-corrected chi connectivity index (χ3v) is 3.72. The molecule has 140 valence electrons. The third-order valence-electron chi connectivity index (χ3n) is 3.72. The van der Waals surface area contributed by atoms with Crippen molar-refractivity contribution in [2.75, 3.05) is 19.8 Å². The third kappa shape index (κ3) is 5.57. The summed E-state index contributed by atoms with van der Waals surface area (Å²) in [5.74, 6) is -0.175. The van der Waals surface area contributed by atoms with Gasteiger partial charge in [0.2, 0.25) is 0 Å². The fraction of sp³-hybridized carbons (Fsp3) is 0.200. The van der Waals surface area contributed by atoms with E-state index in [0.29, 0.717) is 23.7 Å². The Morgan fingerprint density at radius 2 is 1.89 bits per heavy atom. The van der Waals surface area contributed by atoms with Crippen LogP contribution in [0.25, 0.3) is 6.08 Å². The predicted octanol–water partition coefficient (Wildman–Crippen LogP) is 2.34. The number of carbonyl (C=O) groups excluding carboxylic acids is 2. The van der Waals surface area contributed by atoms with Crippen molar-refractivity contribution in [2.24, 2.45) is 0 Å². The molecule has 2 aromatic rings. The van der Waals surface area contributed by atoms with E-state index in [2.05, 4.69) is 5.32 Å². The first-order valence-corrected chi connectivity index (χ1v) is 8.36. The summed E-state index contributed by atoms with van der Waals surface area (Å²) in [4.78, 5) is 23.4. The molecule has 0 radical (unpaired) electrons. The van der Waals surface area contributed by atoms with E-state index in [1.165, 1.54) is 36.4 Å². The summed E-state index contributed by atoms with van der Waals surface area (Å²) in [7, 11) is 0. The van der Waals surface area contributed by atoms with Gasteiger partial charge in [-0.15, -0.1) is 0 Å². The standard InChI is InChI=1S/C20H18FNO5/c21-15-8-5-14(6-9-15)7-10-20(24)26-13-19(23)22-11-16-12-25-17-3-1-2-4-18(17)27-16/h1-10,16H,11-13H2,(H,22,23)/b10-7+/t16-/m0/s1. The van der Waals surface area contributed by atoms with E-state index in [1.807, 2.05) is 18.2 Å². The number of amides is 1. The minimum Gasteiger partial charge on any atom is -0.486 e. The number of benzene rings is 2. The van der Waals surface area contributed by atoms with E-state index in [9.17, 15) is 14.0 Å². The molecular formula is C20H18FNO5. The van der Waals surface area contributed by atoms with Crippen LogP contribution in [0, 0.1) is 5.82 Å². The Morgan fingerprint density at radius 3 is 2.67 bits per heavy atom. The topological polar surface area (TPSA) is 73.9 Å². The molecule has 0 aliphatic carbocycles. The molecule has 0 unspecified atom stereocenters. The van der Waals surface area contributed by atoms with Crippen LogP contribution in [0.5, 0.6) is 11.5 Å². The molecule has 1 aliphatic heterocycles. The van der Waals surface area contributed by atoms with E-state index in [1.54, 1.807) is 6.07 Å². The summed E-state index contributed by atoms with van der Waals surface area (Å²) in [5.41, 5.74) is 0.646. The molecule has 1 heterocycles. The summed E-state index contributed by atoms with van der Waals surface area (Å²) < 4.78 is 28.9. The maximum absolute atomic E-state index is 12.8. The smallest absolute Gasteiger partial charge is 0.331 e. The van der Waals surface area contributed by atoms with Gasteiger partial charge in [-0.25, -0.2) is 9.18 Å². The van der Waals surface area contributed by atoms with Crippen LogP contribution in [0.1, 0.15) is 5.56 Å². The lowest BCUT2D eigenvalue weighted by atomic mass is 10.2. The number of rotatable bonds is 6. The Hall–Kier alpha value is -3.35. The van der Waals surface area contributed by atoms with Gasteiger partial charge in [0.15, 0.2) is 18.1 Å². The first-order chi connectivity index (χ1) is 13.1. The molecule has 6 nitrogen and oxygen atoms in total. The number of para-hydroxylation sites is 2. The molecule has 1 N–H and O–H groups in total. The number of halogens is 1. The van der Waals surface area contributed by atoms with Crippen LogP contribution >= 0.6 is 0 Å². The summed E-state index contributed by atoms with van der Waals surface area (Å²) >= 11 is 0. The van der Waals surface area contributed by atoms with Crippen LogP contribution in [0.3, 0.4) is 0 Å². The van der Waals surface area contributed by atoms with Gasteiger partial charge in [-0.2, -0.15) is 0 Å². The van der Waals surface area contributed by atoms with Gasteiger partial charge in [0.1, 0.15) is 18.5 Å². The molecule has 7 heteroatoms. The van der Waals surface area contributed by atoms with Crippen LogP contribution in [0.2, 0.25) is 0 Å². The van der Waals surface area contributed by atoms with Crippen LogP contribution in [0.15, 0.2) is 54.6 Å². The van der Waals surface area contributed by atoms with E-state index in [-0.39, 0.29) is 18.5 Å².